The van der Waals surface area contributed by atoms with E-state index in [0.29, 0.717) is 41.4 Å². The van der Waals surface area contributed by atoms with Crippen molar-refractivity contribution in [3.05, 3.63) is 71.3 Å². The molecule has 0 spiro atoms. The number of nitrogens with zero attached hydrogens (tertiary/aromatic N) is 1. The summed E-state index contributed by atoms with van der Waals surface area (Å²) in [5, 5.41) is 7.87. The quantitative estimate of drug-likeness (QED) is 0.283. The second-order valence-electron chi connectivity index (χ2n) is 5.41. The molecule has 0 unspecified atom stereocenters. The van der Waals surface area contributed by atoms with E-state index in [1.54, 1.807) is 18.4 Å². The standard InChI is InChI=1S/C20H22ClN3O2S/c1-3-10-22-20(27)24-23-13-16-11-17(21)19(18(12-16)25-4-2)26-14-15-8-6-5-7-9-15/h3,5-9,11-13H,1,4,10,14H2,2H3,(H2,22,24,27). The Morgan fingerprint density at radius 2 is 2.04 bits per heavy atom. The third-order valence-corrected chi connectivity index (χ3v) is 3.86. The van der Waals surface area contributed by atoms with Gasteiger partial charge >= 0.3 is 0 Å². The number of benzene rings is 2. The maximum atomic E-state index is 6.41. The molecular formula is C20H22ClN3O2S. The van der Waals surface area contributed by atoms with Crippen LogP contribution in [0, 0.1) is 0 Å². The fourth-order valence-electron chi connectivity index (χ4n) is 2.17. The molecule has 27 heavy (non-hydrogen) atoms. The molecule has 0 heterocycles. The van der Waals surface area contributed by atoms with Gasteiger partial charge in [0, 0.05) is 6.54 Å². The number of hydrogen-bond acceptors (Lipinski definition) is 4. The third kappa shape index (κ3) is 6.92. The van der Waals surface area contributed by atoms with Crippen molar-refractivity contribution >= 4 is 35.1 Å². The van der Waals surface area contributed by atoms with Crippen molar-refractivity contribution in [3.63, 3.8) is 0 Å². The Kier molecular flexibility index (Phi) is 8.61. The average Bonchev–Trinajstić information content (AvgIpc) is 2.67. The van der Waals surface area contributed by atoms with Crippen LogP contribution in [0.2, 0.25) is 5.02 Å². The molecule has 2 aromatic carbocycles. The van der Waals surface area contributed by atoms with E-state index in [1.165, 1.54) is 0 Å². The molecule has 5 nitrogen and oxygen atoms in total. The van der Waals surface area contributed by atoms with Crippen LogP contribution in [0.15, 0.2) is 60.2 Å². The Bertz CT molecular complexity index is 797. The van der Waals surface area contributed by atoms with Crippen LogP contribution in [0.4, 0.5) is 0 Å². The molecule has 0 amide bonds. The van der Waals surface area contributed by atoms with E-state index in [-0.39, 0.29) is 0 Å². The van der Waals surface area contributed by atoms with Crippen LogP contribution in [-0.2, 0) is 6.61 Å². The molecule has 0 aliphatic carbocycles. The predicted octanol–water partition coefficient (Wildman–Crippen LogP) is 4.30. The fraction of sp³-hybridized carbons (Fsp3) is 0.200. The number of ether oxygens (including phenoxy) is 2. The summed E-state index contributed by atoms with van der Waals surface area (Å²) < 4.78 is 11.6. The first-order chi connectivity index (χ1) is 13.1. The lowest BCUT2D eigenvalue weighted by Crippen LogP contribution is -2.31. The Labute approximate surface area is 170 Å². The van der Waals surface area contributed by atoms with Crippen LogP contribution < -0.4 is 20.2 Å². The summed E-state index contributed by atoms with van der Waals surface area (Å²) >= 11 is 11.5. The Morgan fingerprint density at radius 3 is 2.74 bits per heavy atom. The van der Waals surface area contributed by atoms with E-state index in [2.05, 4.69) is 22.4 Å². The van der Waals surface area contributed by atoms with Crippen molar-refractivity contribution in [1.82, 2.24) is 10.7 Å². The number of hydrogen-bond donors (Lipinski definition) is 2. The normalized spacial score (nSPS) is 10.4. The number of nitrogens with one attached hydrogen (secondary N) is 2. The Morgan fingerprint density at radius 1 is 1.26 bits per heavy atom. The van der Waals surface area contributed by atoms with Crippen molar-refractivity contribution < 1.29 is 9.47 Å². The lowest BCUT2D eigenvalue weighted by molar-refractivity contribution is 0.269. The maximum Gasteiger partial charge on any atom is 0.187 e. The molecule has 0 bridgehead atoms. The van der Waals surface area contributed by atoms with Crippen molar-refractivity contribution in [3.8, 4) is 11.5 Å². The summed E-state index contributed by atoms with van der Waals surface area (Å²) in [6, 6.07) is 13.4. The van der Waals surface area contributed by atoms with Gasteiger partial charge < -0.3 is 14.8 Å². The zero-order chi connectivity index (χ0) is 19.5. The van der Waals surface area contributed by atoms with E-state index in [0.717, 1.165) is 11.1 Å². The summed E-state index contributed by atoms with van der Waals surface area (Å²) in [6.45, 7) is 6.97. The molecule has 0 saturated carbocycles. The summed E-state index contributed by atoms with van der Waals surface area (Å²) in [5.41, 5.74) is 4.53. The topological polar surface area (TPSA) is 54.9 Å². The van der Waals surface area contributed by atoms with Gasteiger partial charge in [0.1, 0.15) is 6.61 Å². The number of thiocarbonyl (C=S) groups is 1. The number of hydrazone groups is 1. The molecule has 0 fully saturated rings. The minimum atomic E-state index is 0.402. The highest BCUT2D eigenvalue weighted by molar-refractivity contribution is 7.80. The number of halogens is 1. The Hall–Kier alpha value is -2.57. The SMILES string of the molecule is C=CCNC(=S)NN=Cc1cc(Cl)c(OCc2ccccc2)c(OCC)c1. The van der Waals surface area contributed by atoms with Gasteiger partial charge in [-0.05, 0) is 42.4 Å². The molecule has 142 valence electrons. The summed E-state index contributed by atoms with van der Waals surface area (Å²) in [7, 11) is 0. The van der Waals surface area contributed by atoms with Crippen molar-refractivity contribution in [2.75, 3.05) is 13.2 Å². The first kappa shape index (κ1) is 20.7. The zero-order valence-corrected chi connectivity index (χ0v) is 16.6. The highest BCUT2D eigenvalue weighted by Gasteiger charge is 2.12. The van der Waals surface area contributed by atoms with Crippen LogP contribution in [0.5, 0.6) is 11.5 Å². The van der Waals surface area contributed by atoms with Crippen LogP contribution in [0.3, 0.4) is 0 Å². The predicted molar refractivity (Wildman–Crippen MR) is 115 cm³/mol. The first-order valence-corrected chi connectivity index (χ1v) is 9.23. The smallest absolute Gasteiger partial charge is 0.187 e. The van der Waals surface area contributed by atoms with Gasteiger partial charge in [-0.1, -0.05) is 48.0 Å². The van der Waals surface area contributed by atoms with Gasteiger partial charge in [0.05, 0.1) is 17.8 Å². The molecule has 0 aliphatic rings. The largest absolute Gasteiger partial charge is 0.490 e. The molecule has 2 N–H and O–H groups in total. The molecule has 0 radical (unpaired) electrons. The summed E-state index contributed by atoms with van der Waals surface area (Å²) in [6.07, 6.45) is 3.32. The van der Waals surface area contributed by atoms with E-state index in [9.17, 15) is 0 Å². The zero-order valence-electron chi connectivity index (χ0n) is 15.1. The van der Waals surface area contributed by atoms with Gasteiger partial charge in [0.25, 0.3) is 0 Å². The minimum absolute atomic E-state index is 0.402. The summed E-state index contributed by atoms with van der Waals surface area (Å²) in [5.74, 6) is 1.07. The van der Waals surface area contributed by atoms with Gasteiger partial charge in [-0.15, -0.1) is 6.58 Å². The van der Waals surface area contributed by atoms with Crippen LogP contribution in [0.1, 0.15) is 18.1 Å². The summed E-state index contributed by atoms with van der Waals surface area (Å²) in [4.78, 5) is 0. The van der Waals surface area contributed by atoms with Gasteiger partial charge in [-0.25, -0.2) is 0 Å². The van der Waals surface area contributed by atoms with E-state index in [4.69, 9.17) is 33.3 Å². The number of rotatable bonds is 9. The average molecular weight is 404 g/mol. The molecule has 2 aromatic rings. The van der Waals surface area contributed by atoms with E-state index in [1.807, 2.05) is 43.3 Å². The highest BCUT2D eigenvalue weighted by atomic mass is 35.5. The molecule has 2 rings (SSSR count). The van der Waals surface area contributed by atoms with Gasteiger partial charge in [-0.3, -0.25) is 5.43 Å². The molecule has 7 heteroatoms. The van der Waals surface area contributed by atoms with E-state index < -0.39 is 0 Å². The Balaban J connectivity index is 2.10. The molecular weight excluding hydrogens is 382 g/mol. The maximum absolute atomic E-state index is 6.41. The lowest BCUT2D eigenvalue weighted by atomic mass is 10.2. The molecule has 0 aliphatic heterocycles. The monoisotopic (exact) mass is 403 g/mol. The van der Waals surface area contributed by atoms with Gasteiger partial charge in [0.15, 0.2) is 16.6 Å². The third-order valence-electron chi connectivity index (χ3n) is 3.34. The molecule has 0 saturated heterocycles. The van der Waals surface area contributed by atoms with Crippen LogP contribution in [-0.4, -0.2) is 24.5 Å². The second-order valence-corrected chi connectivity index (χ2v) is 6.22. The minimum Gasteiger partial charge on any atom is -0.490 e. The fourth-order valence-corrected chi connectivity index (χ4v) is 2.57. The lowest BCUT2D eigenvalue weighted by Gasteiger charge is -2.14. The van der Waals surface area contributed by atoms with Gasteiger partial charge in [-0.2, -0.15) is 5.10 Å². The van der Waals surface area contributed by atoms with Crippen molar-refractivity contribution in [2.24, 2.45) is 5.10 Å². The van der Waals surface area contributed by atoms with Gasteiger partial charge in [0.2, 0.25) is 0 Å². The first-order valence-electron chi connectivity index (χ1n) is 8.45. The highest BCUT2D eigenvalue weighted by Crippen LogP contribution is 2.36. The van der Waals surface area contributed by atoms with Crippen molar-refractivity contribution in [2.45, 2.75) is 13.5 Å². The molecule has 0 aromatic heterocycles. The van der Waals surface area contributed by atoms with Crippen LogP contribution >= 0.6 is 23.8 Å². The second kappa shape index (κ2) is 11.2. The molecule has 0 atom stereocenters. The van der Waals surface area contributed by atoms with E-state index >= 15 is 0 Å². The van der Waals surface area contributed by atoms with Crippen molar-refractivity contribution in [1.29, 1.82) is 0 Å². The van der Waals surface area contributed by atoms with Crippen LogP contribution in [0.25, 0.3) is 0 Å².